The van der Waals surface area contributed by atoms with Gasteiger partial charge in [-0.2, -0.15) is 10.5 Å². The Bertz CT molecular complexity index is 700. The molecule has 1 aliphatic rings. The molecule has 2 rings (SSSR count). The van der Waals surface area contributed by atoms with E-state index in [2.05, 4.69) is 16.4 Å². The Kier molecular flexibility index (Phi) is 4.73. The molecular formula is C16H18N4O3. The van der Waals surface area contributed by atoms with Gasteiger partial charge < -0.3 is 14.6 Å². The number of aliphatic hydroxyl groups excluding tert-OH is 1. The van der Waals surface area contributed by atoms with Gasteiger partial charge >= 0.3 is 0 Å². The lowest BCUT2D eigenvalue weighted by molar-refractivity contribution is -0.0570. The number of hydrogen-bond donors (Lipinski definition) is 2. The maximum Gasteiger partial charge on any atom is 0.298 e. The van der Waals surface area contributed by atoms with E-state index in [9.17, 15) is 5.11 Å². The first kappa shape index (κ1) is 16.6. The van der Waals surface area contributed by atoms with Crippen LogP contribution in [0.4, 0.5) is 0 Å². The van der Waals surface area contributed by atoms with Crippen LogP contribution in [0.25, 0.3) is 0 Å². The van der Waals surface area contributed by atoms with Gasteiger partial charge in [0.1, 0.15) is 23.5 Å². The first-order valence-electron chi connectivity index (χ1n) is 7.19. The van der Waals surface area contributed by atoms with E-state index in [1.807, 2.05) is 0 Å². The number of nitriles is 2. The zero-order chi connectivity index (χ0) is 17.0. The molecule has 0 saturated heterocycles. The highest BCUT2D eigenvalue weighted by molar-refractivity contribution is 5.75. The number of rotatable bonds is 2. The van der Waals surface area contributed by atoms with Gasteiger partial charge in [-0.05, 0) is 39.0 Å². The van der Waals surface area contributed by atoms with Gasteiger partial charge in [-0.1, -0.05) is 0 Å². The molecule has 2 N–H and O–H groups in total. The van der Waals surface area contributed by atoms with Crippen LogP contribution in [-0.2, 0) is 4.74 Å². The third-order valence-electron chi connectivity index (χ3n) is 3.54. The van der Waals surface area contributed by atoms with Crippen molar-refractivity contribution in [2.75, 3.05) is 6.61 Å². The van der Waals surface area contributed by atoms with Crippen LogP contribution in [0.2, 0.25) is 0 Å². The van der Waals surface area contributed by atoms with Crippen LogP contribution >= 0.6 is 0 Å². The van der Waals surface area contributed by atoms with Crippen LogP contribution < -0.4 is 10.1 Å². The van der Waals surface area contributed by atoms with Crippen molar-refractivity contribution in [3.63, 3.8) is 0 Å². The van der Waals surface area contributed by atoms with Crippen LogP contribution in [0.15, 0.2) is 23.2 Å². The lowest BCUT2D eigenvalue weighted by atomic mass is 9.86. The van der Waals surface area contributed by atoms with E-state index in [0.717, 1.165) is 0 Å². The molecule has 0 aliphatic carbocycles. The molecule has 1 heterocycles. The summed E-state index contributed by atoms with van der Waals surface area (Å²) < 4.78 is 11.1. The number of fused-ring (bicyclic) bond motifs is 1. The molecule has 120 valence electrons. The summed E-state index contributed by atoms with van der Waals surface area (Å²) in [7, 11) is 0. The normalized spacial score (nSPS) is 22.1. The van der Waals surface area contributed by atoms with Crippen molar-refractivity contribution in [3.8, 4) is 18.0 Å². The summed E-state index contributed by atoms with van der Waals surface area (Å²) in [6.07, 6.45) is 0.781. The maximum atomic E-state index is 10.6. The van der Waals surface area contributed by atoms with Crippen LogP contribution in [0.5, 0.6) is 5.75 Å². The van der Waals surface area contributed by atoms with Crippen LogP contribution in [0, 0.1) is 22.8 Å². The molecule has 7 nitrogen and oxygen atoms in total. The van der Waals surface area contributed by atoms with Crippen molar-refractivity contribution < 1.29 is 14.6 Å². The summed E-state index contributed by atoms with van der Waals surface area (Å²) in [5, 5.41) is 30.8. The van der Waals surface area contributed by atoms with Gasteiger partial charge in [0.05, 0.1) is 18.2 Å². The number of ether oxygens (including phenoxy) is 2. The predicted molar refractivity (Wildman–Crippen MR) is 82.4 cm³/mol. The standard InChI is InChI=1S/C16H18N4O3/c1-4-22-15(19-9-18)20-13-11-7-10(8-17)5-6-12(11)23-16(2,3)14(13)21/h5-7,13-14,21H,4H2,1-3H3,(H,19,20)/t13-,14+/m1/s1. The first-order chi connectivity index (χ1) is 10.9. The molecule has 0 amide bonds. The summed E-state index contributed by atoms with van der Waals surface area (Å²) in [6.45, 7) is 5.58. The first-order valence-corrected chi connectivity index (χ1v) is 7.19. The Balaban J connectivity index is 2.54. The van der Waals surface area contributed by atoms with Crippen LogP contribution in [-0.4, -0.2) is 29.4 Å². The van der Waals surface area contributed by atoms with Gasteiger partial charge in [0, 0.05) is 5.56 Å². The number of aliphatic imine (C=N–C) groups is 1. The minimum absolute atomic E-state index is 0.0186. The fourth-order valence-corrected chi connectivity index (χ4v) is 2.39. The third kappa shape index (κ3) is 3.36. The van der Waals surface area contributed by atoms with E-state index < -0.39 is 17.7 Å². The van der Waals surface area contributed by atoms with Gasteiger partial charge in [-0.3, -0.25) is 0 Å². The highest BCUT2D eigenvalue weighted by Gasteiger charge is 2.43. The average Bonchev–Trinajstić information content (AvgIpc) is 2.51. The second-order valence-electron chi connectivity index (χ2n) is 5.56. The number of benzene rings is 1. The lowest BCUT2D eigenvalue weighted by Crippen LogP contribution is -2.48. The van der Waals surface area contributed by atoms with E-state index in [1.54, 1.807) is 45.2 Å². The number of nitrogens with zero attached hydrogens (tertiary/aromatic N) is 3. The monoisotopic (exact) mass is 314 g/mol. The zero-order valence-corrected chi connectivity index (χ0v) is 13.2. The van der Waals surface area contributed by atoms with E-state index in [-0.39, 0.29) is 6.02 Å². The molecule has 0 unspecified atom stereocenters. The van der Waals surface area contributed by atoms with Crippen molar-refractivity contribution in [1.82, 2.24) is 5.32 Å². The molecule has 0 radical (unpaired) electrons. The molecule has 0 bridgehead atoms. The summed E-state index contributed by atoms with van der Waals surface area (Å²) in [5.41, 5.74) is 0.137. The quantitative estimate of drug-likeness (QED) is 0.371. The molecule has 2 atom stereocenters. The molecule has 23 heavy (non-hydrogen) atoms. The number of amidine groups is 1. The van der Waals surface area contributed by atoms with Crippen molar-refractivity contribution in [2.24, 2.45) is 4.99 Å². The fourth-order valence-electron chi connectivity index (χ4n) is 2.39. The van der Waals surface area contributed by atoms with Gasteiger partial charge in [0.25, 0.3) is 6.02 Å². The zero-order valence-electron chi connectivity index (χ0n) is 13.2. The van der Waals surface area contributed by atoms with E-state index in [1.165, 1.54) is 0 Å². The molecule has 0 spiro atoms. The Morgan fingerprint density at radius 1 is 1.48 bits per heavy atom. The molecule has 0 saturated carbocycles. The van der Waals surface area contributed by atoms with E-state index in [0.29, 0.717) is 23.5 Å². The fraction of sp³-hybridized carbons (Fsp3) is 0.438. The SMILES string of the molecule is CCOC(=N[C@@H]1c2cc(C#N)ccc2OC(C)(C)[C@H]1O)NC#N. The minimum Gasteiger partial charge on any atom is -0.485 e. The topological polar surface area (TPSA) is 111 Å². The molecule has 1 aliphatic heterocycles. The van der Waals surface area contributed by atoms with Gasteiger partial charge in [-0.25, -0.2) is 10.3 Å². The predicted octanol–water partition coefficient (Wildman–Crippen LogP) is 1.59. The largest absolute Gasteiger partial charge is 0.485 e. The van der Waals surface area contributed by atoms with E-state index in [4.69, 9.17) is 20.0 Å². The second kappa shape index (κ2) is 6.55. The van der Waals surface area contributed by atoms with Gasteiger partial charge in [0.15, 0.2) is 6.19 Å². The van der Waals surface area contributed by atoms with E-state index >= 15 is 0 Å². The Morgan fingerprint density at radius 2 is 2.22 bits per heavy atom. The highest BCUT2D eigenvalue weighted by atomic mass is 16.5. The van der Waals surface area contributed by atoms with Crippen molar-refractivity contribution in [2.45, 2.75) is 38.5 Å². The highest BCUT2D eigenvalue weighted by Crippen LogP contribution is 2.42. The lowest BCUT2D eigenvalue weighted by Gasteiger charge is -2.40. The third-order valence-corrected chi connectivity index (χ3v) is 3.54. The Morgan fingerprint density at radius 3 is 2.83 bits per heavy atom. The van der Waals surface area contributed by atoms with Crippen molar-refractivity contribution in [3.05, 3.63) is 29.3 Å². The maximum absolute atomic E-state index is 10.6. The number of aliphatic hydroxyl groups is 1. The van der Waals surface area contributed by atoms with Crippen LogP contribution in [0.1, 0.15) is 37.9 Å². The van der Waals surface area contributed by atoms with Crippen LogP contribution in [0.3, 0.4) is 0 Å². The second-order valence-corrected chi connectivity index (χ2v) is 5.56. The summed E-state index contributed by atoms with van der Waals surface area (Å²) >= 11 is 0. The summed E-state index contributed by atoms with van der Waals surface area (Å²) in [6, 6.07) is 6.30. The number of hydrogen-bond acceptors (Lipinski definition) is 6. The molecule has 7 heteroatoms. The molecule has 1 aromatic carbocycles. The smallest absolute Gasteiger partial charge is 0.298 e. The molecular weight excluding hydrogens is 296 g/mol. The number of nitrogens with one attached hydrogen (secondary N) is 1. The molecule has 0 aromatic heterocycles. The Hall–Kier alpha value is -2.77. The average molecular weight is 314 g/mol. The summed E-state index contributed by atoms with van der Waals surface area (Å²) in [5.74, 6) is 0.542. The molecule has 0 fully saturated rings. The summed E-state index contributed by atoms with van der Waals surface area (Å²) in [4.78, 5) is 4.33. The molecule has 1 aromatic rings. The Labute approximate surface area is 134 Å². The minimum atomic E-state index is -0.972. The van der Waals surface area contributed by atoms with Crippen molar-refractivity contribution in [1.29, 1.82) is 10.5 Å². The van der Waals surface area contributed by atoms with Gasteiger partial charge in [-0.15, -0.1) is 0 Å². The van der Waals surface area contributed by atoms with Gasteiger partial charge in [0.2, 0.25) is 0 Å². The van der Waals surface area contributed by atoms with Crippen molar-refractivity contribution >= 4 is 6.02 Å².